The zero-order valence-electron chi connectivity index (χ0n) is 14.8. The van der Waals surface area contributed by atoms with Gasteiger partial charge in [-0.3, -0.25) is 4.79 Å². The first-order chi connectivity index (χ1) is 11.6. The predicted octanol–water partition coefficient (Wildman–Crippen LogP) is 3.11. The van der Waals surface area contributed by atoms with E-state index in [1.54, 1.807) is 18.2 Å². The van der Waals surface area contributed by atoms with E-state index in [0.717, 1.165) is 37.0 Å². The molecule has 1 aliphatic heterocycles. The predicted molar refractivity (Wildman–Crippen MR) is 92.2 cm³/mol. The molecule has 0 bridgehead atoms. The lowest BCUT2D eigenvalue weighted by atomic mass is 9.98. The summed E-state index contributed by atoms with van der Waals surface area (Å²) < 4.78 is 10.6. The fourth-order valence-electron chi connectivity index (χ4n) is 3.01. The summed E-state index contributed by atoms with van der Waals surface area (Å²) in [5.41, 5.74) is 1.50. The number of carbonyl (C=O) groups excluding carboxylic acids is 2. The van der Waals surface area contributed by atoms with Gasteiger partial charge in [0.15, 0.2) is 0 Å². The van der Waals surface area contributed by atoms with E-state index in [2.05, 4.69) is 19.2 Å². The van der Waals surface area contributed by atoms with Crippen LogP contribution in [0.4, 0.5) is 0 Å². The second kappa shape index (κ2) is 8.71. The summed E-state index contributed by atoms with van der Waals surface area (Å²) in [5.74, 6) is 0.622. The van der Waals surface area contributed by atoms with Gasteiger partial charge in [0, 0.05) is 12.3 Å². The van der Waals surface area contributed by atoms with Crippen molar-refractivity contribution in [3.63, 3.8) is 0 Å². The Morgan fingerprint density at radius 2 is 2.17 bits per heavy atom. The number of carbonyl (C=O) groups is 2. The van der Waals surface area contributed by atoms with Gasteiger partial charge in [-0.2, -0.15) is 0 Å². The molecule has 0 saturated carbocycles. The number of unbranched alkanes of at least 4 members (excludes halogenated alkanes) is 1. The van der Waals surface area contributed by atoms with Crippen molar-refractivity contribution in [2.24, 2.45) is 5.92 Å². The number of hydrogen-bond acceptors (Lipinski definition) is 4. The van der Waals surface area contributed by atoms with E-state index < -0.39 is 0 Å². The SMILES string of the molecule is CCCCC(CC)C(=O)NCC1Cc2cc(C(=O)OC)ccc2O1. The van der Waals surface area contributed by atoms with Crippen LogP contribution < -0.4 is 10.1 Å². The lowest BCUT2D eigenvalue weighted by Gasteiger charge is -2.17. The maximum atomic E-state index is 12.3. The number of esters is 1. The molecule has 2 unspecified atom stereocenters. The molecule has 1 heterocycles. The zero-order chi connectivity index (χ0) is 17.5. The molecule has 24 heavy (non-hydrogen) atoms. The van der Waals surface area contributed by atoms with E-state index in [0.29, 0.717) is 18.5 Å². The van der Waals surface area contributed by atoms with E-state index >= 15 is 0 Å². The molecule has 1 N–H and O–H groups in total. The van der Waals surface area contributed by atoms with Crippen molar-refractivity contribution in [3.8, 4) is 5.75 Å². The molecule has 132 valence electrons. The molecule has 0 saturated heterocycles. The molecule has 0 aromatic heterocycles. The molecule has 2 rings (SSSR count). The van der Waals surface area contributed by atoms with Crippen LogP contribution in [-0.4, -0.2) is 31.6 Å². The summed E-state index contributed by atoms with van der Waals surface area (Å²) in [4.78, 5) is 23.8. The molecule has 0 aliphatic carbocycles. The third-order valence-corrected chi connectivity index (χ3v) is 4.50. The van der Waals surface area contributed by atoms with Crippen LogP contribution in [0.25, 0.3) is 0 Å². The number of benzene rings is 1. The average Bonchev–Trinajstić information content (AvgIpc) is 3.01. The summed E-state index contributed by atoms with van der Waals surface area (Å²) in [6.07, 6.45) is 4.58. The third kappa shape index (κ3) is 4.49. The van der Waals surface area contributed by atoms with Crippen molar-refractivity contribution in [2.75, 3.05) is 13.7 Å². The molecule has 2 atom stereocenters. The molecule has 1 aromatic rings. The second-order valence-corrected chi connectivity index (χ2v) is 6.25. The normalized spacial score (nSPS) is 16.9. The first kappa shape index (κ1) is 18.3. The average molecular weight is 333 g/mol. The summed E-state index contributed by atoms with van der Waals surface area (Å²) >= 11 is 0. The lowest BCUT2D eigenvalue weighted by molar-refractivity contribution is -0.125. The highest BCUT2D eigenvalue weighted by Crippen LogP contribution is 2.29. The van der Waals surface area contributed by atoms with Crippen molar-refractivity contribution in [1.29, 1.82) is 0 Å². The Balaban J connectivity index is 1.87. The maximum Gasteiger partial charge on any atom is 0.337 e. The topological polar surface area (TPSA) is 64.6 Å². The summed E-state index contributed by atoms with van der Waals surface area (Å²) in [6.45, 7) is 4.68. The van der Waals surface area contributed by atoms with Crippen LogP contribution in [0.5, 0.6) is 5.75 Å². The van der Waals surface area contributed by atoms with Crippen molar-refractivity contribution in [1.82, 2.24) is 5.32 Å². The van der Waals surface area contributed by atoms with Crippen molar-refractivity contribution in [3.05, 3.63) is 29.3 Å². The molecular weight excluding hydrogens is 306 g/mol. The lowest BCUT2D eigenvalue weighted by Crippen LogP contribution is -2.37. The minimum Gasteiger partial charge on any atom is -0.488 e. The zero-order valence-corrected chi connectivity index (χ0v) is 14.8. The quantitative estimate of drug-likeness (QED) is 0.743. The Morgan fingerprint density at radius 3 is 2.83 bits per heavy atom. The monoisotopic (exact) mass is 333 g/mol. The molecular formula is C19H27NO4. The summed E-state index contributed by atoms with van der Waals surface area (Å²) in [5, 5.41) is 3.01. The number of fused-ring (bicyclic) bond motifs is 1. The number of methoxy groups -OCH3 is 1. The fraction of sp³-hybridized carbons (Fsp3) is 0.579. The number of ether oxygens (including phenoxy) is 2. The first-order valence-electron chi connectivity index (χ1n) is 8.74. The van der Waals surface area contributed by atoms with Crippen LogP contribution >= 0.6 is 0 Å². The van der Waals surface area contributed by atoms with Gasteiger partial charge in [0.05, 0.1) is 19.2 Å². The number of amides is 1. The van der Waals surface area contributed by atoms with E-state index in [1.807, 2.05) is 0 Å². The third-order valence-electron chi connectivity index (χ3n) is 4.50. The summed E-state index contributed by atoms with van der Waals surface area (Å²) in [6, 6.07) is 5.29. The number of nitrogens with one attached hydrogen (secondary N) is 1. The number of hydrogen-bond donors (Lipinski definition) is 1. The molecule has 1 aromatic carbocycles. The Bertz CT molecular complexity index is 585. The van der Waals surface area contributed by atoms with Gasteiger partial charge in [-0.25, -0.2) is 4.79 Å². The highest BCUT2D eigenvalue weighted by Gasteiger charge is 2.25. The van der Waals surface area contributed by atoms with Crippen molar-refractivity contribution < 1.29 is 19.1 Å². The standard InChI is InChI=1S/C19H27NO4/c1-4-6-7-13(5-2)18(21)20-12-16-11-15-10-14(19(22)23-3)8-9-17(15)24-16/h8-10,13,16H,4-7,11-12H2,1-3H3,(H,20,21). The van der Waals surface area contributed by atoms with Crippen LogP contribution in [-0.2, 0) is 16.0 Å². The molecule has 5 heteroatoms. The Hall–Kier alpha value is -2.04. The minimum atomic E-state index is -0.351. The van der Waals surface area contributed by atoms with Gasteiger partial charge >= 0.3 is 5.97 Å². The Labute approximate surface area is 143 Å². The highest BCUT2D eigenvalue weighted by atomic mass is 16.5. The van der Waals surface area contributed by atoms with Gasteiger partial charge in [-0.15, -0.1) is 0 Å². The smallest absolute Gasteiger partial charge is 0.337 e. The van der Waals surface area contributed by atoms with Crippen LogP contribution in [0, 0.1) is 5.92 Å². The fourth-order valence-corrected chi connectivity index (χ4v) is 3.01. The van der Waals surface area contributed by atoms with Gasteiger partial charge in [0.25, 0.3) is 0 Å². The minimum absolute atomic E-state index is 0.0828. The van der Waals surface area contributed by atoms with Crippen LogP contribution in [0.1, 0.15) is 55.5 Å². The van der Waals surface area contributed by atoms with E-state index in [4.69, 9.17) is 9.47 Å². The molecule has 1 aliphatic rings. The van der Waals surface area contributed by atoms with Crippen molar-refractivity contribution in [2.45, 2.75) is 52.1 Å². The number of rotatable bonds is 8. The van der Waals surface area contributed by atoms with Crippen LogP contribution in [0.15, 0.2) is 18.2 Å². The molecule has 0 spiro atoms. The summed E-state index contributed by atoms with van der Waals surface area (Å²) in [7, 11) is 1.37. The van der Waals surface area contributed by atoms with Crippen molar-refractivity contribution >= 4 is 11.9 Å². The van der Waals surface area contributed by atoms with Gasteiger partial charge in [-0.1, -0.05) is 26.7 Å². The van der Waals surface area contributed by atoms with Gasteiger partial charge in [0.1, 0.15) is 11.9 Å². The van der Waals surface area contributed by atoms with Gasteiger partial charge < -0.3 is 14.8 Å². The molecule has 5 nitrogen and oxygen atoms in total. The largest absolute Gasteiger partial charge is 0.488 e. The van der Waals surface area contributed by atoms with Gasteiger partial charge in [0.2, 0.25) is 5.91 Å². The molecule has 0 radical (unpaired) electrons. The Kier molecular flexibility index (Phi) is 6.64. The molecule has 0 fully saturated rings. The highest BCUT2D eigenvalue weighted by molar-refractivity contribution is 5.89. The van der Waals surface area contributed by atoms with Crippen LogP contribution in [0.3, 0.4) is 0 Å². The van der Waals surface area contributed by atoms with Gasteiger partial charge in [-0.05, 0) is 36.6 Å². The van der Waals surface area contributed by atoms with E-state index in [9.17, 15) is 9.59 Å². The maximum absolute atomic E-state index is 12.3. The van der Waals surface area contributed by atoms with Crippen LogP contribution in [0.2, 0.25) is 0 Å². The van der Waals surface area contributed by atoms with E-state index in [-0.39, 0.29) is 23.9 Å². The first-order valence-corrected chi connectivity index (χ1v) is 8.74. The van der Waals surface area contributed by atoms with E-state index in [1.165, 1.54) is 7.11 Å². The molecule has 1 amide bonds. The second-order valence-electron chi connectivity index (χ2n) is 6.25. The Morgan fingerprint density at radius 1 is 1.38 bits per heavy atom.